The van der Waals surface area contributed by atoms with Crippen LogP contribution in [0, 0.1) is 11.3 Å². The number of hydrogen-bond acceptors (Lipinski definition) is 6. The van der Waals surface area contributed by atoms with Crippen LogP contribution in [0.1, 0.15) is 12.5 Å². The quantitative estimate of drug-likeness (QED) is 0.233. The van der Waals surface area contributed by atoms with Crippen molar-refractivity contribution >= 4 is 51.0 Å². The molecule has 0 saturated carbocycles. The van der Waals surface area contributed by atoms with Gasteiger partial charge in [-0.1, -0.05) is 41.4 Å². The van der Waals surface area contributed by atoms with Gasteiger partial charge in [0, 0.05) is 10.7 Å². The summed E-state index contributed by atoms with van der Waals surface area (Å²) in [5.41, 5.74) is 0.582. The molecule has 3 aromatic carbocycles. The smallest absolute Gasteiger partial charge is 0.339 e. The SMILES string of the molecule is CCOc1cc(/C=C(\C#N)C(=O)Nc2ccc(Cl)cc2)cc(Cl)c1OS(=O)(=O)c1ccccc1. The second-order valence-corrected chi connectivity index (χ2v) is 9.13. The van der Waals surface area contributed by atoms with Crippen LogP contribution in [-0.4, -0.2) is 20.9 Å². The fourth-order valence-corrected chi connectivity index (χ4v) is 4.21. The minimum Gasteiger partial charge on any atom is -0.490 e. The third-order valence-corrected chi connectivity index (χ3v) is 6.10. The molecule has 0 fully saturated rings. The first kappa shape index (κ1) is 25.1. The number of hydrogen-bond donors (Lipinski definition) is 1. The van der Waals surface area contributed by atoms with Crippen molar-refractivity contribution in [2.45, 2.75) is 11.8 Å². The highest BCUT2D eigenvalue weighted by atomic mass is 35.5. The molecule has 10 heteroatoms. The minimum absolute atomic E-state index is 0.0381. The molecule has 3 aromatic rings. The molecule has 1 N–H and O–H groups in total. The molecule has 3 rings (SSSR count). The molecule has 0 heterocycles. The van der Waals surface area contributed by atoms with Gasteiger partial charge in [-0.05, 0) is 67.1 Å². The molecule has 0 spiro atoms. The molecule has 0 aromatic heterocycles. The topological polar surface area (TPSA) is 105 Å². The van der Waals surface area contributed by atoms with Gasteiger partial charge < -0.3 is 14.2 Å². The van der Waals surface area contributed by atoms with E-state index in [4.69, 9.17) is 32.1 Å². The van der Waals surface area contributed by atoms with Gasteiger partial charge in [-0.2, -0.15) is 13.7 Å². The number of carbonyl (C=O) groups is 1. The summed E-state index contributed by atoms with van der Waals surface area (Å²) >= 11 is 12.2. The van der Waals surface area contributed by atoms with Crippen LogP contribution >= 0.6 is 23.2 Å². The molecule has 7 nitrogen and oxygen atoms in total. The number of benzene rings is 3. The van der Waals surface area contributed by atoms with Gasteiger partial charge in [0.05, 0.1) is 11.6 Å². The Morgan fingerprint density at radius 2 is 1.76 bits per heavy atom. The summed E-state index contributed by atoms with van der Waals surface area (Å²) in [4.78, 5) is 12.5. The number of nitrogens with zero attached hydrogens (tertiary/aromatic N) is 1. The highest BCUT2D eigenvalue weighted by molar-refractivity contribution is 7.87. The molecule has 0 aliphatic rings. The second kappa shape index (κ2) is 11.1. The van der Waals surface area contributed by atoms with E-state index in [1.807, 2.05) is 6.07 Å². The summed E-state index contributed by atoms with van der Waals surface area (Å²) in [6.07, 6.45) is 1.30. The number of amides is 1. The van der Waals surface area contributed by atoms with Crippen molar-refractivity contribution in [3.63, 3.8) is 0 Å². The summed E-state index contributed by atoms with van der Waals surface area (Å²) < 4.78 is 36.1. The Morgan fingerprint density at radius 3 is 2.38 bits per heavy atom. The molecule has 0 bridgehead atoms. The molecule has 174 valence electrons. The fraction of sp³-hybridized carbons (Fsp3) is 0.0833. The van der Waals surface area contributed by atoms with E-state index in [1.54, 1.807) is 49.4 Å². The van der Waals surface area contributed by atoms with Gasteiger partial charge in [-0.3, -0.25) is 4.79 Å². The molecule has 34 heavy (non-hydrogen) atoms. The Balaban J connectivity index is 1.93. The van der Waals surface area contributed by atoms with Crippen LogP contribution in [0.2, 0.25) is 10.0 Å². The highest BCUT2D eigenvalue weighted by Gasteiger charge is 2.22. The van der Waals surface area contributed by atoms with E-state index < -0.39 is 16.0 Å². The Labute approximate surface area is 207 Å². The molecule has 0 atom stereocenters. The number of nitrogens with one attached hydrogen (secondary N) is 1. The zero-order valence-corrected chi connectivity index (χ0v) is 20.1. The zero-order chi connectivity index (χ0) is 24.7. The van der Waals surface area contributed by atoms with Crippen LogP contribution in [0.15, 0.2) is 77.2 Å². The Morgan fingerprint density at radius 1 is 1.09 bits per heavy atom. The first-order chi connectivity index (χ1) is 16.2. The maximum Gasteiger partial charge on any atom is 0.339 e. The number of carbonyl (C=O) groups excluding carboxylic acids is 1. The van der Waals surface area contributed by atoms with Crippen molar-refractivity contribution in [2.24, 2.45) is 0 Å². The van der Waals surface area contributed by atoms with Gasteiger partial charge in [0.25, 0.3) is 5.91 Å². The zero-order valence-electron chi connectivity index (χ0n) is 17.8. The average Bonchev–Trinajstić information content (AvgIpc) is 2.82. The molecule has 0 saturated heterocycles. The number of halogens is 2. The van der Waals surface area contributed by atoms with Gasteiger partial charge in [-0.15, -0.1) is 0 Å². The van der Waals surface area contributed by atoms with E-state index in [1.165, 1.54) is 30.3 Å². The number of rotatable bonds is 8. The van der Waals surface area contributed by atoms with Gasteiger partial charge in [0.15, 0.2) is 5.75 Å². The van der Waals surface area contributed by atoms with Crippen molar-refractivity contribution in [3.8, 4) is 17.6 Å². The second-order valence-electron chi connectivity index (χ2n) is 6.74. The molecule has 0 aliphatic carbocycles. The predicted molar refractivity (Wildman–Crippen MR) is 131 cm³/mol. The van der Waals surface area contributed by atoms with Crippen molar-refractivity contribution in [2.75, 3.05) is 11.9 Å². The van der Waals surface area contributed by atoms with Gasteiger partial charge in [0.1, 0.15) is 16.5 Å². The standard InChI is InChI=1S/C24H18Cl2N2O5S/c1-2-32-22-14-16(12-17(15-27)24(29)28-19-10-8-18(25)9-11-19)13-21(26)23(22)33-34(30,31)20-6-4-3-5-7-20/h3-14H,2H2,1H3,(H,28,29)/b17-12+. The molecule has 0 radical (unpaired) electrons. The number of ether oxygens (including phenoxy) is 1. The lowest BCUT2D eigenvalue weighted by molar-refractivity contribution is -0.112. The van der Waals surface area contributed by atoms with E-state index >= 15 is 0 Å². The Bertz CT molecular complexity index is 1370. The van der Waals surface area contributed by atoms with Crippen molar-refractivity contribution in [3.05, 3.63) is 87.9 Å². The summed E-state index contributed by atoms with van der Waals surface area (Å²) in [6.45, 7) is 1.89. The fourth-order valence-electron chi connectivity index (χ4n) is 2.81. The van der Waals surface area contributed by atoms with Gasteiger partial charge in [0.2, 0.25) is 5.75 Å². The maximum atomic E-state index is 12.7. The Kier molecular flexibility index (Phi) is 8.18. The third kappa shape index (κ3) is 6.29. The van der Waals surface area contributed by atoms with Crippen LogP contribution in [0.5, 0.6) is 11.5 Å². The minimum atomic E-state index is -4.17. The number of nitriles is 1. The van der Waals surface area contributed by atoms with Crippen LogP contribution in [0.3, 0.4) is 0 Å². The first-order valence-electron chi connectivity index (χ1n) is 9.88. The van der Waals surface area contributed by atoms with Gasteiger partial charge >= 0.3 is 10.1 Å². The summed E-state index contributed by atoms with van der Waals surface area (Å²) in [5, 5.41) is 12.5. The van der Waals surface area contributed by atoms with E-state index in [0.29, 0.717) is 16.3 Å². The van der Waals surface area contributed by atoms with E-state index in [0.717, 1.165) is 0 Å². The van der Waals surface area contributed by atoms with Crippen LogP contribution < -0.4 is 14.2 Å². The lowest BCUT2D eigenvalue weighted by atomic mass is 10.1. The average molecular weight is 517 g/mol. The normalized spacial score (nSPS) is 11.4. The van der Waals surface area contributed by atoms with E-state index in [-0.39, 0.29) is 33.6 Å². The highest BCUT2D eigenvalue weighted by Crippen LogP contribution is 2.39. The summed E-state index contributed by atoms with van der Waals surface area (Å²) in [7, 11) is -4.17. The maximum absolute atomic E-state index is 12.7. The molecule has 1 amide bonds. The van der Waals surface area contributed by atoms with Crippen molar-refractivity contribution in [1.29, 1.82) is 5.26 Å². The van der Waals surface area contributed by atoms with Crippen molar-refractivity contribution < 1.29 is 22.1 Å². The van der Waals surface area contributed by atoms with E-state index in [9.17, 15) is 18.5 Å². The third-order valence-electron chi connectivity index (χ3n) is 4.33. The lowest BCUT2D eigenvalue weighted by Crippen LogP contribution is -2.13. The molecule has 0 aliphatic heterocycles. The van der Waals surface area contributed by atoms with Crippen molar-refractivity contribution in [1.82, 2.24) is 0 Å². The van der Waals surface area contributed by atoms with Crippen LogP contribution in [0.4, 0.5) is 5.69 Å². The number of anilines is 1. The molecular formula is C24H18Cl2N2O5S. The molecule has 0 unspecified atom stereocenters. The predicted octanol–water partition coefficient (Wildman–Crippen LogP) is 5.71. The molecular weight excluding hydrogens is 499 g/mol. The summed E-state index contributed by atoms with van der Waals surface area (Å²) in [6, 6.07) is 18.6. The Hall–Kier alpha value is -3.51. The van der Waals surface area contributed by atoms with Crippen LogP contribution in [-0.2, 0) is 14.9 Å². The van der Waals surface area contributed by atoms with E-state index in [2.05, 4.69) is 5.32 Å². The first-order valence-corrected chi connectivity index (χ1v) is 12.0. The largest absolute Gasteiger partial charge is 0.490 e. The lowest BCUT2D eigenvalue weighted by Gasteiger charge is -2.14. The van der Waals surface area contributed by atoms with Gasteiger partial charge in [-0.25, -0.2) is 0 Å². The summed E-state index contributed by atoms with van der Waals surface area (Å²) in [5.74, 6) is -0.810. The van der Waals surface area contributed by atoms with Crippen LogP contribution in [0.25, 0.3) is 6.08 Å². The monoisotopic (exact) mass is 516 g/mol.